The fourth-order valence-electron chi connectivity index (χ4n) is 2.89. The highest BCUT2D eigenvalue weighted by atomic mass is 127. The van der Waals surface area contributed by atoms with E-state index in [2.05, 4.69) is 52.2 Å². The van der Waals surface area contributed by atoms with E-state index in [4.69, 9.17) is 14.7 Å². The van der Waals surface area contributed by atoms with Gasteiger partial charge < -0.3 is 10.1 Å². The highest BCUT2D eigenvalue weighted by molar-refractivity contribution is 14.1. The van der Waals surface area contributed by atoms with E-state index in [-0.39, 0.29) is 0 Å². The molecule has 3 rings (SSSR count). The first-order chi connectivity index (χ1) is 10.2. The SMILES string of the molecule is CNc1nc(C2CCc3ccccc32)nc(COC)c1I. The Labute approximate surface area is 138 Å². The number of anilines is 1. The van der Waals surface area contributed by atoms with Gasteiger partial charge in [0.1, 0.15) is 11.6 Å². The minimum Gasteiger partial charge on any atom is -0.378 e. The number of methoxy groups -OCH3 is 1. The molecule has 2 aromatic rings. The maximum atomic E-state index is 5.27. The summed E-state index contributed by atoms with van der Waals surface area (Å²) >= 11 is 2.28. The van der Waals surface area contributed by atoms with Crippen LogP contribution in [0.1, 0.15) is 35.0 Å². The van der Waals surface area contributed by atoms with Crippen molar-refractivity contribution in [1.82, 2.24) is 9.97 Å². The minimum absolute atomic E-state index is 0.293. The van der Waals surface area contributed by atoms with Crippen molar-refractivity contribution in [2.24, 2.45) is 0 Å². The van der Waals surface area contributed by atoms with Gasteiger partial charge in [-0.2, -0.15) is 0 Å². The molecule has 0 amide bonds. The largest absolute Gasteiger partial charge is 0.378 e. The van der Waals surface area contributed by atoms with Gasteiger partial charge in [0.05, 0.1) is 15.9 Å². The van der Waals surface area contributed by atoms with Crippen LogP contribution < -0.4 is 5.32 Å². The Balaban J connectivity index is 2.05. The van der Waals surface area contributed by atoms with Crippen LogP contribution in [-0.4, -0.2) is 24.1 Å². The topological polar surface area (TPSA) is 47.0 Å². The maximum Gasteiger partial charge on any atom is 0.143 e. The van der Waals surface area contributed by atoms with Crippen molar-refractivity contribution in [3.63, 3.8) is 0 Å². The summed E-state index contributed by atoms with van der Waals surface area (Å²) in [5, 5.41) is 3.17. The van der Waals surface area contributed by atoms with Gasteiger partial charge in [-0.3, -0.25) is 0 Å². The van der Waals surface area contributed by atoms with Gasteiger partial charge in [0.15, 0.2) is 0 Å². The van der Waals surface area contributed by atoms with Gasteiger partial charge in [-0.05, 0) is 46.6 Å². The summed E-state index contributed by atoms with van der Waals surface area (Å²) in [6, 6.07) is 8.60. The molecular weight excluding hydrogens is 377 g/mol. The first-order valence-corrected chi connectivity index (χ1v) is 8.13. The molecule has 0 bridgehead atoms. The summed E-state index contributed by atoms with van der Waals surface area (Å²) in [7, 11) is 3.59. The quantitative estimate of drug-likeness (QED) is 0.807. The average molecular weight is 395 g/mol. The van der Waals surface area contributed by atoms with Gasteiger partial charge in [0.2, 0.25) is 0 Å². The van der Waals surface area contributed by atoms with Gasteiger partial charge in [-0.25, -0.2) is 9.97 Å². The van der Waals surface area contributed by atoms with E-state index in [1.807, 2.05) is 7.05 Å². The fourth-order valence-corrected chi connectivity index (χ4v) is 3.56. The zero-order chi connectivity index (χ0) is 14.8. The number of rotatable bonds is 4. The molecule has 1 aromatic heterocycles. The maximum absolute atomic E-state index is 5.27. The molecule has 1 N–H and O–H groups in total. The second kappa shape index (κ2) is 6.27. The summed E-state index contributed by atoms with van der Waals surface area (Å²) in [6.45, 7) is 0.511. The van der Waals surface area contributed by atoms with Crippen LogP contribution >= 0.6 is 22.6 Å². The van der Waals surface area contributed by atoms with E-state index in [1.54, 1.807) is 7.11 Å². The van der Waals surface area contributed by atoms with E-state index >= 15 is 0 Å². The van der Waals surface area contributed by atoms with Crippen molar-refractivity contribution >= 4 is 28.4 Å². The Kier molecular flexibility index (Phi) is 4.40. The summed E-state index contributed by atoms with van der Waals surface area (Å²) in [5.74, 6) is 2.08. The van der Waals surface area contributed by atoms with Crippen molar-refractivity contribution in [3.8, 4) is 0 Å². The monoisotopic (exact) mass is 395 g/mol. The second-order valence-electron chi connectivity index (χ2n) is 5.16. The Morgan fingerprint density at radius 2 is 2.14 bits per heavy atom. The summed E-state index contributed by atoms with van der Waals surface area (Å²) in [4.78, 5) is 9.50. The van der Waals surface area contributed by atoms with Crippen molar-refractivity contribution in [1.29, 1.82) is 0 Å². The molecule has 0 fully saturated rings. The summed E-state index contributed by atoms with van der Waals surface area (Å²) in [6.07, 6.45) is 2.18. The molecule has 110 valence electrons. The molecule has 21 heavy (non-hydrogen) atoms. The molecule has 0 saturated carbocycles. The number of nitrogens with zero attached hydrogens (tertiary/aromatic N) is 2. The third-order valence-corrected chi connectivity index (χ3v) is 5.03. The van der Waals surface area contributed by atoms with Crippen LogP contribution in [0.3, 0.4) is 0 Å². The Hall–Kier alpha value is -1.21. The Bertz CT molecular complexity index is 660. The van der Waals surface area contributed by atoms with Crippen LogP contribution in [0.25, 0.3) is 0 Å². The Morgan fingerprint density at radius 1 is 1.33 bits per heavy atom. The van der Waals surface area contributed by atoms with Crippen molar-refractivity contribution in [3.05, 3.63) is 50.5 Å². The molecule has 1 aromatic carbocycles. The lowest BCUT2D eigenvalue weighted by Crippen LogP contribution is -2.11. The number of fused-ring (bicyclic) bond motifs is 1. The third kappa shape index (κ3) is 2.76. The molecule has 0 aliphatic heterocycles. The van der Waals surface area contributed by atoms with Crippen molar-refractivity contribution in [2.45, 2.75) is 25.4 Å². The van der Waals surface area contributed by atoms with Crippen LogP contribution in [0.4, 0.5) is 5.82 Å². The smallest absolute Gasteiger partial charge is 0.143 e. The Morgan fingerprint density at radius 3 is 2.90 bits per heavy atom. The van der Waals surface area contributed by atoms with Crippen LogP contribution in [0.15, 0.2) is 24.3 Å². The van der Waals surface area contributed by atoms with E-state index in [0.717, 1.165) is 33.7 Å². The standard InChI is InChI=1S/C16H18IN3O/c1-18-16-14(17)13(9-21-2)19-15(20-16)12-8-7-10-5-3-4-6-11(10)12/h3-6,12H,7-9H2,1-2H3,(H,18,19,20). The molecule has 1 aliphatic rings. The van der Waals surface area contributed by atoms with E-state index in [0.29, 0.717) is 12.5 Å². The highest BCUT2D eigenvalue weighted by Crippen LogP contribution is 2.37. The van der Waals surface area contributed by atoms with Crippen LogP contribution in [-0.2, 0) is 17.8 Å². The normalized spacial score (nSPS) is 16.8. The second-order valence-corrected chi connectivity index (χ2v) is 6.24. The minimum atomic E-state index is 0.293. The number of aryl methyl sites for hydroxylation is 1. The van der Waals surface area contributed by atoms with E-state index in [1.165, 1.54) is 11.1 Å². The van der Waals surface area contributed by atoms with E-state index in [9.17, 15) is 0 Å². The first-order valence-electron chi connectivity index (χ1n) is 7.05. The number of benzene rings is 1. The molecule has 0 spiro atoms. The molecule has 1 unspecified atom stereocenters. The van der Waals surface area contributed by atoms with Crippen LogP contribution in [0.2, 0.25) is 0 Å². The summed E-state index contributed by atoms with van der Waals surface area (Å²) < 4.78 is 6.31. The zero-order valence-corrected chi connectivity index (χ0v) is 14.3. The van der Waals surface area contributed by atoms with E-state index < -0.39 is 0 Å². The van der Waals surface area contributed by atoms with Gasteiger partial charge in [0, 0.05) is 20.1 Å². The molecule has 4 nitrogen and oxygen atoms in total. The number of hydrogen-bond donors (Lipinski definition) is 1. The number of halogens is 1. The number of aromatic nitrogens is 2. The molecule has 0 saturated heterocycles. The van der Waals surface area contributed by atoms with Gasteiger partial charge >= 0.3 is 0 Å². The van der Waals surface area contributed by atoms with Crippen molar-refractivity contribution < 1.29 is 4.74 Å². The molecule has 1 atom stereocenters. The predicted octanol–water partition coefficient (Wildman–Crippen LogP) is 3.35. The van der Waals surface area contributed by atoms with Crippen LogP contribution in [0, 0.1) is 3.57 Å². The van der Waals surface area contributed by atoms with Gasteiger partial charge in [-0.15, -0.1) is 0 Å². The third-order valence-electron chi connectivity index (χ3n) is 3.90. The number of nitrogens with one attached hydrogen (secondary N) is 1. The highest BCUT2D eigenvalue weighted by Gasteiger charge is 2.27. The van der Waals surface area contributed by atoms with Gasteiger partial charge in [0.25, 0.3) is 0 Å². The first kappa shape index (κ1) is 14.7. The lowest BCUT2D eigenvalue weighted by molar-refractivity contribution is 0.180. The lowest BCUT2D eigenvalue weighted by atomic mass is 10.0. The van der Waals surface area contributed by atoms with Crippen molar-refractivity contribution in [2.75, 3.05) is 19.5 Å². The van der Waals surface area contributed by atoms with Crippen LogP contribution in [0.5, 0.6) is 0 Å². The lowest BCUT2D eigenvalue weighted by Gasteiger charge is -2.15. The molecule has 5 heteroatoms. The molecule has 0 radical (unpaired) electrons. The number of hydrogen-bond acceptors (Lipinski definition) is 4. The zero-order valence-electron chi connectivity index (χ0n) is 12.2. The fraction of sp³-hybridized carbons (Fsp3) is 0.375. The predicted molar refractivity (Wildman–Crippen MR) is 91.6 cm³/mol. The summed E-state index contributed by atoms with van der Waals surface area (Å²) in [5.41, 5.74) is 3.74. The average Bonchev–Trinajstić information content (AvgIpc) is 2.93. The molecule has 1 heterocycles. The van der Waals surface area contributed by atoms with Gasteiger partial charge in [-0.1, -0.05) is 24.3 Å². The number of ether oxygens (including phenoxy) is 1. The molecule has 1 aliphatic carbocycles. The molecular formula is C16H18IN3O.